The van der Waals surface area contributed by atoms with Crippen LogP contribution in [0.5, 0.6) is 0 Å². The van der Waals surface area contributed by atoms with Crippen molar-refractivity contribution in [2.75, 3.05) is 11.6 Å². The summed E-state index contributed by atoms with van der Waals surface area (Å²) >= 11 is 0. The fourth-order valence-corrected chi connectivity index (χ4v) is 2.48. The Bertz CT molecular complexity index is 469. The first-order valence-corrected chi connectivity index (χ1v) is 8.75. The lowest BCUT2D eigenvalue weighted by Gasteiger charge is -2.14. The Morgan fingerprint density at radius 3 is 2.53 bits per heavy atom. The van der Waals surface area contributed by atoms with Crippen molar-refractivity contribution in [3.63, 3.8) is 0 Å². The molecule has 0 bridgehead atoms. The van der Waals surface area contributed by atoms with Crippen LogP contribution in [0.15, 0.2) is 23.4 Å². The molecule has 0 aromatic carbocycles. The van der Waals surface area contributed by atoms with Crippen LogP contribution in [0.1, 0.15) is 46.0 Å². The molecule has 1 rings (SSSR count). The molecule has 0 spiro atoms. The molecule has 108 valence electrons. The van der Waals surface area contributed by atoms with Crippen LogP contribution in [0, 0.1) is 0 Å². The number of nitrogens with zero attached hydrogens (tertiary/aromatic N) is 1. The first-order chi connectivity index (χ1) is 8.93. The van der Waals surface area contributed by atoms with Gasteiger partial charge in [0.2, 0.25) is 0 Å². The van der Waals surface area contributed by atoms with E-state index in [2.05, 4.69) is 24.1 Å². The van der Waals surface area contributed by atoms with E-state index < -0.39 is 9.84 Å². The lowest BCUT2D eigenvalue weighted by Crippen LogP contribution is -2.15. The number of nitrogens with one attached hydrogen (secondary N) is 1. The molecule has 0 fully saturated rings. The van der Waals surface area contributed by atoms with Crippen molar-refractivity contribution < 1.29 is 8.42 Å². The Hall–Kier alpha value is -1.10. The van der Waals surface area contributed by atoms with Gasteiger partial charge < -0.3 is 5.32 Å². The van der Waals surface area contributed by atoms with Crippen molar-refractivity contribution in [1.82, 2.24) is 4.98 Å². The first-order valence-electron chi connectivity index (χ1n) is 6.86. The Morgan fingerprint density at radius 2 is 2.00 bits per heavy atom. The average molecular weight is 284 g/mol. The largest absolute Gasteiger partial charge is 0.381 e. The molecule has 0 radical (unpaired) electrons. The lowest BCUT2D eigenvalue weighted by atomic mass is 10.1. The van der Waals surface area contributed by atoms with Gasteiger partial charge in [-0.2, -0.15) is 0 Å². The summed E-state index contributed by atoms with van der Waals surface area (Å²) in [5.41, 5.74) is 0.871. The molecule has 0 aliphatic rings. The minimum absolute atomic E-state index is 0.119. The summed E-state index contributed by atoms with van der Waals surface area (Å²) in [6.45, 7) is 4.34. The summed E-state index contributed by atoms with van der Waals surface area (Å²) in [5.74, 6) is 0. The summed E-state index contributed by atoms with van der Waals surface area (Å²) < 4.78 is 22.6. The van der Waals surface area contributed by atoms with Gasteiger partial charge in [-0.25, -0.2) is 13.4 Å². The SMILES string of the molecule is CCCCCCC(C)Nc1ccc(S(C)(=O)=O)nc1. The van der Waals surface area contributed by atoms with Crippen LogP contribution in [0.2, 0.25) is 0 Å². The highest BCUT2D eigenvalue weighted by molar-refractivity contribution is 7.90. The number of rotatable bonds is 8. The second-order valence-corrected chi connectivity index (χ2v) is 7.01. The molecule has 1 atom stereocenters. The minimum atomic E-state index is -3.21. The predicted molar refractivity (Wildman–Crippen MR) is 79.2 cm³/mol. The predicted octanol–water partition coefficient (Wildman–Crippen LogP) is 3.26. The molecule has 1 aromatic rings. The van der Waals surface area contributed by atoms with Gasteiger partial charge in [0.15, 0.2) is 14.9 Å². The molecule has 1 unspecified atom stereocenters. The van der Waals surface area contributed by atoms with Gasteiger partial charge in [0.25, 0.3) is 0 Å². The van der Waals surface area contributed by atoms with Crippen LogP contribution in [-0.2, 0) is 9.84 Å². The highest BCUT2D eigenvalue weighted by Crippen LogP contribution is 2.13. The molecule has 1 heterocycles. The average Bonchev–Trinajstić information content (AvgIpc) is 2.34. The van der Waals surface area contributed by atoms with Crippen molar-refractivity contribution in [2.45, 2.75) is 57.0 Å². The number of pyridine rings is 1. The molecule has 0 aliphatic carbocycles. The molecule has 0 aliphatic heterocycles. The Morgan fingerprint density at radius 1 is 1.26 bits per heavy atom. The minimum Gasteiger partial charge on any atom is -0.381 e. The van der Waals surface area contributed by atoms with Crippen LogP contribution in [0.4, 0.5) is 5.69 Å². The number of aromatic nitrogens is 1. The molecule has 19 heavy (non-hydrogen) atoms. The Balaban J connectivity index is 2.45. The van der Waals surface area contributed by atoms with Gasteiger partial charge in [-0.3, -0.25) is 0 Å². The van der Waals surface area contributed by atoms with Crippen LogP contribution >= 0.6 is 0 Å². The van der Waals surface area contributed by atoms with Crippen molar-refractivity contribution >= 4 is 15.5 Å². The van der Waals surface area contributed by atoms with E-state index in [0.717, 1.165) is 12.1 Å². The summed E-state index contributed by atoms with van der Waals surface area (Å²) in [6.07, 6.45) is 8.90. The molecule has 0 saturated carbocycles. The topological polar surface area (TPSA) is 59.1 Å². The zero-order valence-corrected chi connectivity index (χ0v) is 12.8. The van der Waals surface area contributed by atoms with Crippen LogP contribution in [-0.4, -0.2) is 25.7 Å². The number of hydrogen-bond donors (Lipinski definition) is 1. The van der Waals surface area contributed by atoms with E-state index >= 15 is 0 Å². The van der Waals surface area contributed by atoms with Crippen molar-refractivity contribution in [2.24, 2.45) is 0 Å². The normalized spacial score (nSPS) is 13.2. The maximum absolute atomic E-state index is 11.3. The monoisotopic (exact) mass is 284 g/mol. The highest BCUT2D eigenvalue weighted by Gasteiger charge is 2.08. The summed E-state index contributed by atoms with van der Waals surface area (Å²) in [6, 6.07) is 3.69. The third-order valence-electron chi connectivity index (χ3n) is 3.02. The number of anilines is 1. The van der Waals surface area contributed by atoms with Gasteiger partial charge in [0.1, 0.15) is 0 Å². The van der Waals surface area contributed by atoms with Gasteiger partial charge in [-0.15, -0.1) is 0 Å². The van der Waals surface area contributed by atoms with Crippen LogP contribution < -0.4 is 5.32 Å². The zero-order valence-electron chi connectivity index (χ0n) is 12.0. The van der Waals surface area contributed by atoms with Gasteiger partial charge in [0.05, 0.1) is 11.9 Å². The quantitative estimate of drug-likeness (QED) is 0.744. The van der Waals surface area contributed by atoms with Crippen molar-refractivity contribution in [3.8, 4) is 0 Å². The molecule has 5 heteroatoms. The van der Waals surface area contributed by atoms with E-state index in [1.165, 1.54) is 31.9 Å². The fourth-order valence-electron chi connectivity index (χ4n) is 1.92. The van der Waals surface area contributed by atoms with Crippen LogP contribution in [0.25, 0.3) is 0 Å². The molecule has 0 saturated heterocycles. The highest BCUT2D eigenvalue weighted by atomic mass is 32.2. The second-order valence-electron chi connectivity index (χ2n) is 5.05. The Kier molecular flexibility index (Phi) is 6.28. The first kappa shape index (κ1) is 16.0. The maximum Gasteiger partial charge on any atom is 0.192 e. The zero-order chi connectivity index (χ0) is 14.3. The molecular weight excluding hydrogens is 260 g/mol. The van der Waals surface area contributed by atoms with Crippen LogP contribution in [0.3, 0.4) is 0 Å². The fraction of sp³-hybridized carbons (Fsp3) is 0.643. The van der Waals surface area contributed by atoms with Gasteiger partial charge in [0, 0.05) is 12.3 Å². The van der Waals surface area contributed by atoms with Crippen molar-refractivity contribution in [3.05, 3.63) is 18.3 Å². The molecule has 4 nitrogen and oxygen atoms in total. The Labute approximate surface area is 116 Å². The smallest absolute Gasteiger partial charge is 0.192 e. The van der Waals surface area contributed by atoms with Gasteiger partial charge in [-0.05, 0) is 25.5 Å². The molecular formula is C14H24N2O2S. The van der Waals surface area contributed by atoms with E-state index in [4.69, 9.17) is 0 Å². The van der Waals surface area contributed by atoms with E-state index in [9.17, 15) is 8.42 Å². The van der Waals surface area contributed by atoms with Gasteiger partial charge in [-0.1, -0.05) is 32.6 Å². The number of unbranched alkanes of at least 4 members (excludes halogenated alkanes) is 3. The second kappa shape index (κ2) is 7.48. The standard InChI is InChI=1S/C14H24N2O2S/c1-4-5-6-7-8-12(2)16-13-9-10-14(15-11-13)19(3,17)18/h9-12,16H,4-8H2,1-3H3. The third kappa shape index (κ3) is 6.05. The molecule has 1 aromatic heterocycles. The summed E-state index contributed by atoms with van der Waals surface area (Å²) in [5, 5.41) is 3.46. The van der Waals surface area contributed by atoms with E-state index in [1.807, 2.05) is 0 Å². The van der Waals surface area contributed by atoms with Gasteiger partial charge >= 0.3 is 0 Å². The van der Waals surface area contributed by atoms with Crippen molar-refractivity contribution in [1.29, 1.82) is 0 Å². The van der Waals surface area contributed by atoms with E-state index in [0.29, 0.717) is 6.04 Å². The van der Waals surface area contributed by atoms with E-state index in [-0.39, 0.29) is 5.03 Å². The maximum atomic E-state index is 11.3. The van der Waals surface area contributed by atoms with E-state index in [1.54, 1.807) is 18.3 Å². The number of sulfone groups is 1. The lowest BCUT2D eigenvalue weighted by molar-refractivity contribution is 0.593. The summed E-state index contributed by atoms with van der Waals surface area (Å²) in [7, 11) is -3.21. The number of hydrogen-bond acceptors (Lipinski definition) is 4. The summed E-state index contributed by atoms with van der Waals surface area (Å²) in [4.78, 5) is 3.96. The molecule has 0 amide bonds. The third-order valence-corrected chi connectivity index (χ3v) is 4.02. The molecule has 1 N–H and O–H groups in total.